The third-order valence-corrected chi connectivity index (χ3v) is 2.33. The zero-order valence-corrected chi connectivity index (χ0v) is 9.88. The molecule has 0 aliphatic carbocycles. The number of benzene rings is 1. The second-order valence-corrected chi connectivity index (χ2v) is 3.84. The maximum atomic E-state index is 5.41. The minimum absolute atomic E-state index is 0.600. The summed E-state index contributed by atoms with van der Waals surface area (Å²) in [5, 5.41) is 0. The Labute approximate surface area is 100 Å². The number of rotatable bonds is 3. The van der Waals surface area contributed by atoms with Crippen LogP contribution in [0, 0.1) is 0 Å². The van der Waals surface area contributed by atoms with E-state index in [1.54, 1.807) is 0 Å². The van der Waals surface area contributed by atoms with Crippen molar-refractivity contribution in [2.45, 2.75) is 0 Å². The van der Waals surface area contributed by atoms with E-state index in [4.69, 9.17) is 5.84 Å². The molecule has 5 nitrogen and oxygen atoms in total. The molecule has 2 aromatic rings. The van der Waals surface area contributed by atoms with Crippen LogP contribution in [-0.2, 0) is 0 Å². The van der Waals surface area contributed by atoms with Crippen molar-refractivity contribution in [1.29, 1.82) is 0 Å². The van der Waals surface area contributed by atoms with E-state index in [-0.39, 0.29) is 0 Å². The number of aromatic nitrogens is 2. The van der Waals surface area contributed by atoms with Crippen molar-refractivity contribution < 1.29 is 0 Å². The zero-order valence-electron chi connectivity index (χ0n) is 9.88. The monoisotopic (exact) mass is 229 g/mol. The average molecular weight is 229 g/mol. The van der Waals surface area contributed by atoms with Gasteiger partial charge in [-0.25, -0.2) is 10.8 Å². The first kappa shape index (κ1) is 11.3. The maximum Gasteiger partial charge on any atom is 0.227 e. The summed E-state index contributed by atoms with van der Waals surface area (Å²) in [6.07, 6.45) is 0. The van der Waals surface area contributed by atoms with Gasteiger partial charge >= 0.3 is 0 Å². The minimum atomic E-state index is 0.600. The van der Waals surface area contributed by atoms with Crippen molar-refractivity contribution in [3.63, 3.8) is 0 Å². The molecule has 0 spiro atoms. The Hall–Kier alpha value is -2.14. The van der Waals surface area contributed by atoms with Crippen LogP contribution in [0.15, 0.2) is 36.4 Å². The summed E-state index contributed by atoms with van der Waals surface area (Å²) >= 11 is 0. The lowest BCUT2D eigenvalue weighted by atomic mass is 10.1. The lowest BCUT2D eigenvalue weighted by Gasteiger charge is -2.13. The van der Waals surface area contributed by atoms with Crippen LogP contribution in [0.5, 0.6) is 0 Å². The van der Waals surface area contributed by atoms with E-state index in [2.05, 4.69) is 15.4 Å². The second-order valence-electron chi connectivity index (χ2n) is 3.84. The van der Waals surface area contributed by atoms with E-state index in [1.807, 2.05) is 55.4 Å². The van der Waals surface area contributed by atoms with Crippen LogP contribution < -0.4 is 16.2 Å². The number of hydrazine groups is 1. The van der Waals surface area contributed by atoms with Gasteiger partial charge in [-0.15, -0.1) is 0 Å². The number of nitrogens with two attached hydrogens (primary N) is 1. The quantitative estimate of drug-likeness (QED) is 0.616. The summed E-state index contributed by atoms with van der Waals surface area (Å²) in [4.78, 5) is 10.6. The molecule has 0 saturated heterocycles. The van der Waals surface area contributed by atoms with Gasteiger partial charge in [0.25, 0.3) is 0 Å². The molecule has 17 heavy (non-hydrogen) atoms. The molecule has 2 rings (SSSR count). The molecule has 3 N–H and O–H groups in total. The molecular formula is C12H15N5. The molecule has 0 atom stereocenters. The molecule has 0 radical (unpaired) electrons. The molecule has 0 aliphatic rings. The van der Waals surface area contributed by atoms with Crippen LogP contribution in [0.1, 0.15) is 0 Å². The fourth-order valence-corrected chi connectivity index (χ4v) is 1.47. The van der Waals surface area contributed by atoms with Gasteiger partial charge in [0, 0.05) is 25.7 Å². The van der Waals surface area contributed by atoms with Crippen molar-refractivity contribution in [3.05, 3.63) is 36.4 Å². The molecule has 1 aromatic heterocycles. The van der Waals surface area contributed by atoms with E-state index in [0.29, 0.717) is 11.8 Å². The van der Waals surface area contributed by atoms with Gasteiger partial charge in [0.05, 0.1) is 5.69 Å². The smallest absolute Gasteiger partial charge is 0.227 e. The van der Waals surface area contributed by atoms with Crippen molar-refractivity contribution in [1.82, 2.24) is 9.97 Å². The number of anilines is 2. The van der Waals surface area contributed by atoms with Gasteiger partial charge in [-0.3, -0.25) is 0 Å². The summed E-state index contributed by atoms with van der Waals surface area (Å²) in [5.41, 5.74) is 4.44. The summed E-state index contributed by atoms with van der Waals surface area (Å²) in [6, 6.07) is 11.7. The fourth-order valence-electron chi connectivity index (χ4n) is 1.47. The van der Waals surface area contributed by atoms with Crippen LogP contribution in [0.2, 0.25) is 0 Å². The van der Waals surface area contributed by atoms with Crippen LogP contribution in [0.25, 0.3) is 11.3 Å². The Morgan fingerprint density at radius 3 is 2.41 bits per heavy atom. The highest BCUT2D eigenvalue weighted by atomic mass is 15.3. The lowest BCUT2D eigenvalue weighted by molar-refractivity contribution is 0.998. The normalized spacial score (nSPS) is 10.1. The molecular weight excluding hydrogens is 214 g/mol. The third-order valence-electron chi connectivity index (χ3n) is 2.33. The van der Waals surface area contributed by atoms with Crippen molar-refractivity contribution in [2.75, 3.05) is 24.4 Å². The molecule has 0 fully saturated rings. The van der Waals surface area contributed by atoms with Gasteiger partial charge in [-0.2, -0.15) is 4.98 Å². The summed E-state index contributed by atoms with van der Waals surface area (Å²) < 4.78 is 0. The van der Waals surface area contributed by atoms with Crippen LogP contribution in [0.3, 0.4) is 0 Å². The topological polar surface area (TPSA) is 67.1 Å². The number of hydrogen-bond acceptors (Lipinski definition) is 5. The minimum Gasteiger partial charge on any atom is -0.347 e. The highest BCUT2D eigenvalue weighted by Gasteiger charge is 2.06. The Bertz CT molecular complexity index is 496. The highest BCUT2D eigenvalue weighted by molar-refractivity contribution is 5.64. The maximum absolute atomic E-state index is 5.41. The number of nitrogens with zero attached hydrogens (tertiary/aromatic N) is 3. The van der Waals surface area contributed by atoms with Crippen LogP contribution in [0.4, 0.5) is 11.8 Å². The molecule has 5 heteroatoms. The Morgan fingerprint density at radius 2 is 1.82 bits per heavy atom. The fraction of sp³-hybridized carbons (Fsp3) is 0.167. The van der Waals surface area contributed by atoms with Crippen molar-refractivity contribution in [2.24, 2.45) is 5.84 Å². The van der Waals surface area contributed by atoms with Gasteiger partial charge in [-0.1, -0.05) is 30.3 Å². The number of nitrogen functional groups attached to an aromatic ring is 1. The molecule has 0 bridgehead atoms. The SMILES string of the molecule is CN(C)c1nc(NN)cc(-c2ccccc2)n1. The number of hydrogen-bond donors (Lipinski definition) is 2. The van der Waals surface area contributed by atoms with E-state index in [9.17, 15) is 0 Å². The molecule has 1 aromatic carbocycles. The van der Waals surface area contributed by atoms with Gasteiger partial charge in [-0.05, 0) is 0 Å². The first-order valence-corrected chi connectivity index (χ1v) is 5.29. The van der Waals surface area contributed by atoms with E-state index < -0.39 is 0 Å². The van der Waals surface area contributed by atoms with Gasteiger partial charge < -0.3 is 10.3 Å². The molecule has 0 unspecified atom stereocenters. The van der Waals surface area contributed by atoms with E-state index in [0.717, 1.165) is 11.3 Å². The standard InChI is InChI=1S/C12H15N5/c1-17(2)12-14-10(8-11(15-12)16-13)9-6-4-3-5-7-9/h3-8H,13H2,1-2H3,(H,14,15,16). The van der Waals surface area contributed by atoms with Gasteiger partial charge in [0.15, 0.2) is 0 Å². The number of nitrogens with one attached hydrogen (secondary N) is 1. The Balaban J connectivity index is 2.50. The predicted octanol–water partition coefficient (Wildman–Crippen LogP) is 1.50. The second kappa shape index (κ2) is 4.80. The van der Waals surface area contributed by atoms with Gasteiger partial charge in [0.2, 0.25) is 5.95 Å². The van der Waals surface area contributed by atoms with Gasteiger partial charge in [0.1, 0.15) is 5.82 Å². The van der Waals surface area contributed by atoms with Crippen LogP contribution in [-0.4, -0.2) is 24.1 Å². The molecule has 0 aliphatic heterocycles. The Kier molecular flexibility index (Phi) is 3.20. The first-order valence-electron chi connectivity index (χ1n) is 5.29. The zero-order chi connectivity index (χ0) is 12.3. The summed E-state index contributed by atoms with van der Waals surface area (Å²) in [7, 11) is 3.79. The molecule has 0 saturated carbocycles. The highest BCUT2D eigenvalue weighted by Crippen LogP contribution is 2.21. The average Bonchev–Trinajstić information content (AvgIpc) is 2.39. The summed E-state index contributed by atoms with van der Waals surface area (Å²) in [5.74, 6) is 6.63. The molecule has 88 valence electrons. The lowest BCUT2D eigenvalue weighted by Crippen LogP contribution is -2.16. The van der Waals surface area contributed by atoms with E-state index >= 15 is 0 Å². The Morgan fingerprint density at radius 1 is 1.12 bits per heavy atom. The van der Waals surface area contributed by atoms with Crippen LogP contribution >= 0.6 is 0 Å². The van der Waals surface area contributed by atoms with E-state index in [1.165, 1.54) is 0 Å². The first-order chi connectivity index (χ1) is 8.20. The van der Waals surface area contributed by atoms with Crippen molar-refractivity contribution >= 4 is 11.8 Å². The molecule has 1 heterocycles. The largest absolute Gasteiger partial charge is 0.347 e. The summed E-state index contributed by atoms with van der Waals surface area (Å²) in [6.45, 7) is 0. The molecule has 0 amide bonds. The van der Waals surface area contributed by atoms with Crippen molar-refractivity contribution in [3.8, 4) is 11.3 Å². The third kappa shape index (κ3) is 2.51. The predicted molar refractivity (Wildman–Crippen MR) is 69.6 cm³/mol.